The second kappa shape index (κ2) is 6.72. The maximum absolute atomic E-state index is 11.1. The highest BCUT2D eigenvalue weighted by molar-refractivity contribution is 5.72. The number of nitrogens with zero attached hydrogens (tertiary/aromatic N) is 3. The topological polar surface area (TPSA) is 102 Å². The number of rotatable bonds is 7. The summed E-state index contributed by atoms with van der Waals surface area (Å²) in [5.41, 5.74) is 0.504. The first kappa shape index (κ1) is 14.9. The fraction of sp³-hybridized carbons (Fsp3) is 0.636. The van der Waals surface area contributed by atoms with Gasteiger partial charge in [0, 0.05) is 27.1 Å². The van der Waals surface area contributed by atoms with Gasteiger partial charge < -0.3 is 10.6 Å². The van der Waals surface area contributed by atoms with Crippen molar-refractivity contribution in [2.24, 2.45) is 7.05 Å². The molecule has 8 heteroatoms. The molecule has 0 atom stereocenters. The van der Waals surface area contributed by atoms with Crippen molar-refractivity contribution in [1.29, 1.82) is 0 Å². The number of carbonyl (C=O) groups is 1. The molecule has 0 aromatic carbocycles. The molecule has 0 spiro atoms. The summed E-state index contributed by atoms with van der Waals surface area (Å²) in [7, 11) is 1.66. The van der Waals surface area contributed by atoms with Crippen molar-refractivity contribution in [1.82, 2.24) is 15.1 Å². The predicted octanol–water partition coefficient (Wildman–Crippen LogP) is 0.829. The van der Waals surface area contributed by atoms with Gasteiger partial charge in [0.1, 0.15) is 5.69 Å². The molecule has 0 saturated heterocycles. The van der Waals surface area contributed by atoms with Gasteiger partial charge in [-0.3, -0.25) is 14.9 Å². The summed E-state index contributed by atoms with van der Waals surface area (Å²) >= 11 is 0. The fourth-order valence-electron chi connectivity index (χ4n) is 1.78. The molecular formula is C11H19N5O3. The van der Waals surface area contributed by atoms with Crippen LogP contribution >= 0.6 is 0 Å². The van der Waals surface area contributed by atoms with E-state index in [4.69, 9.17) is 0 Å². The van der Waals surface area contributed by atoms with Gasteiger partial charge in [-0.2, -0.15) is 5.10 Å². The Hall–Kier alpha value is -2.12. The van der Waals surface area contributed by atoms with E-state index in [1.54, 1.807) is 7.05 Å². The monoisotopic (exact) mass is 269 g/mol. The molecule has 1 rings (SSSR count). The number of nitro groups is 1. The van der Waals surface area contributed by atoms with Gasteiger partial charge in [0.2, 0.25) is 11.7 Å². The lowest BCUT2D eigenvalue weighted by molar-refractivity contribution is -0.384. The van der Waals surface area contributed by atoms with E-state index >= 15 is 0 Å². The zero-order valence-electron chi connectivity index (χ0n) is 11.4. The zero-order valence-corrected chi connectivity index (χ0v) is 11.4. The lowest BCUT2D eigenvalue weighted by atomic mass is 10.2. The third-order valence-electron chi connectivity index (χ3n) is 2.55. The number of hydrogen-bond acceptors (Lipinski definition) is 5. The first-order chi connectivity index (χ1) is 8.97. The average Bonchev–Trinajstić information content (AvgIpc) is 2.61. The maximum atomic E-state index is 11.1. The Morgan fingerprint density at radius 1 is 1.47 bits per heavy atom. The molecule has 1 heterocycles. The van der Waals surface area contributed by atoms with Crippen LogP contribution in [-0.2, 0) is 18.3 Å². The summed E-state index contributed by atoms with van der Waals surface area (Å²) < 4.78 is 1.47. The van der Waals surface area contributed by atoms with Crippen molar-refractivity contribution in [2.45, 2.75) is 26.7 Å². The quantitative estimate of drug-likeness (QED) is 0.433. The number of amides is 1. The van der Waals surface area contributed by atoms with E-state index in [1.165, 1.54) is 11.6 Å². The fourth-order valence-corrected chi connectivity index (χ4v) is 1.78. The van der Waals surface area contributed by atoms with Crippen LogP contribution in [0.1, 0.15) is 26.0 Å². The van der Waals surface area contributed by atoms with Gasteiger partial charge in [0.25, 0.3) is 0 Å². The Bertz CT molecular complexity index is 469. The highest BCUT2D eigenvalue weighted by Gasteiger charge is 2.25. The van der Waals surface area contributed by atoms with E-state index in [2.05, 4.69) is 15.7 Å². The van der Waals surface area contributed by atoms with Crippen LogP contribution in [-0.4, -0.2) is 33.7 Å². The summed E-state index contributed by atoms with van der Waals surface area (Å²) in [6, 6.07) is 0. The van der Waals surface area contributed by atoms with E-state index in [-0.39, 0.29) is 11.6 Å². The van der Waals surface area contributed by atoms with Gasteiger partial charge in [0.05, 0.1) is 4.92 Å². The van der Waals surface area contributed by atoms with E-state index in [1.807, 2.05) is 6.92 Å². The lowest BCUT2D eigenvalue weighted by Crippen LogP contribution is -2.26. The van der Waals surface area contributed by atoms with Crippen molar-refractivity contribution in [3.63, 3.8) is 0 Å². The maximum Gasteiger partial charge on any atom is 0.333 e. The number of nitrogens with one attached hydrogen (secondary N) is 2. The predicted molar refractivity (Wildman–Crippen MR) is 71.0 cm³/mol. The molecule has 1 amide bonds. The Balaban J connectivity index is 2.81. The number of hydrogen-bond donors (Lipinski definition) is 2. The van der Waals surface area contributed by atoms with E-state index in [0.29, 0.717) is 31.0 Å². The summed E-state index contributed by atoms with van der Waals surface area (Å²) in [4.78, 5) is 21.4. The molecule has 2 N–H and O–H groups in total. The van der Waals surface area contributed by atoms with E-state index in [9.17, 15) is 14.9 Å². The third-order valence-corrected chi connectivity index (χ3v) is 2.55. The Morgan fingerprint density at radius 3 is 2.68 bits per heavy atom. The van der Waals surface area contributed by atoms with Crippen LogP contribution in [0.5, 0.6) is 0 Å². The summed E-state index contributed by atoms with van der Waals surface area (Å²) in [5.74, 6) is 0.242. The van der Waals surface area contributed by atoms with Gasteiger partial charge in [-0.15, -0.1) is 0 Å². The molecule has 19 heavy (non-hydrogen) atoms. The summed E-state index contributed by atoms with van der Waals surface area (Å²) in [6.07, 6.45) is 1.36. The molecule has 0 aliphatic rings. The number of aromatic nitrogens is 2. The van der Waals surface area contributed by atoms with Crippen LogP contribution < -0.4 is 10.6 Å². The van der Waals surface area contributed by atoms with E-state index in [0.717, 1.165) is 6.42 Å². The molecule has 0 unspecified atom stereocenters. The smallest absolute Gasteiger partial charge is 0.333 e. The standard InChI is InChI=1S/C11H19N5O3/c1-4-5-9-10(16(18)19)11(15(3)14-9)13-7-6-12-8(2)17/h13H,4-7H2,1-3H3,(H,12,17). The van der Waals surface area contributed by atoms with Gasteiger partial charge in [-0.05, 0) is 6.42 Å². The zero-order chi connectivity index (χ0) is 14.4. The van der Waals surface area contributed by atoms with Gasteiger partial charge >= 0.3 is 5.69 Å². The van der Waals surface area contributed by atoms with Crippen molar-refractivity contribution in [3.05, 3.63) is 15.8 Å². The number of anilines is 1. The van der Waals surface area contributed by atoms with Crippen molar-refractivity contribution in [2.75, 3.05) is 18.4 Å². The van der Waals surface area contributed by atoms with Crippen LogP contribution in [0.25, 0.3) is 0 Å². The Labute approximate surface area is 111 Å². The molecule has 0 bridgehead atoms. The minimum absolute atomic E-state index is 0.0205. The second-order valence-electron chi connectivity index (χ2n) is 4.18. The van der Waals surface area contributed by atoms with Crippen LogP contribution in [0.2, 0.25) is 0 Å². The molecule has 0 aliphatic heterocycles. The van der Waals surface area contributed by atoms with Crippen molar-refractivity contribution < 1.29 is 9.72 Å². The van der Waals surface area contributed by atoms with Gasteiger partial charge in [-0.25, -0.2) is 4.68 Å². The molecule has 1 aromatic rings. The molecule has 0 aliphatic carbocycles. The largest absolute Gasteiger partial charge is 0.363 e. The minimum Gasteiger partial charge on any atom is -0.363 e. The molecule has 0 saturated carbocycles. The Kier molecular flexibility index (Phi) is 5.28. The molecule has 8 nitrogen and oxygen atoms in total. The molecule has 106 valence electrons. The van der Waals surface area contributed by atoms with Gasteiger partial charge in [-0.1, -0.05) is 13.3 Å². The highest BCUT2D eigenvalue weighted by atomic mass is 16.6. The average molecular weight is 269 g/mol. The number of carbonyl (C=O) groups excluding carboxylic acids is 1. The minimum atomic E-state index is -0.418. The highest BCUT2D eigenvalue weighted by Crippen LogP contribution is 2.28. The first-order valence-corrected chi connectivity index (χ1v) is 6.16. The second-order valence-corrected chi connectivity index (χ2v) is 4.18. The molecule has 1 aromatic heterocycles. The molecule has 0 fully saturated rings. The van der Waals surface area contributed by atoms with Gasteiger partial charge in [0.15, 0.2) is 0 Å². The molecular weight excluding hydrogens is 250 g/mol. The lowest BCUT2D eigenvalue weighted by Gasteiger charge is -2.06. The van der Waals surface area contributed by atoms with Crippen molar-refractivity contribution >= 4 is 17.4 Å². The molecule has 0 radical (unpaired) electrons. The van der Waals surface area contributed by atoms with Crippen LogP contribution in [0.15, 0.2) is 0 Å². The summed E-state index contributed by atoms with van der Waals surface area (Å²) in [6.45, 7) is 4.18. The van der Waals surface area contributed by atoms with Crippen molar-refractivity contribution in [3.8, 4) is 0 Å². The van der Waals surface area contributed by atoms with Crippen LogP contribution in [0.4, 0.5) is 11.5 Å². The summed E-state index contributed by atoms with van der Waals surface area (Å²) in [5, 5.41) is 20.8. The first-order valence-electron chi connectivity index (χ1n) is 6.16. The SMILES string of the molecule is CCCc1nn(C)c(NCCNC(C)=O)c1[N+](=O)[O-]. The van der Waals surface area contributed by atoms with Crippen LogP contribution in [0, 0.1) is 10.1 Å². The normalized spacial score (nSPS) is 10.3. The third kappa shape index (κ3) is 3.94. The van der Waals surface area contributed by atoms with Crippen LogP contribution in [0.3, 0.4) is 0 Å². The number of aryl methyl sites for hydroxylation is 2. The van der Waals surface area contributed by atoms with E-state index < -0.39 is 4.92 Å². The Morgan fingerprint density at radius 2 is 2.16 bits per heavy atom.